The molecule has 0 aliphatic carbocycles. The maximum atomic E-state index is 10.8. The molecule has 0 aliphatic rings. The van der Waals surface area contributed by atoms with Crippen LogP contribution in [0.3, 0.4) is 0 Å². The van der Waals surface area contributed by atoms with Gasteiger partial charge in [0.05, 0.1) is 4.47 Å². The van der Waals surface area contributed by atoms with Gasteiger partial charge in [-0.15, -0.1) is 0 Å². The highest BCUT2D eigenvalue weighted by atomic mass is 79.9. The van der Waals surface area contributed by atoms with Gasteiger partial charge in [0.25, 0.3) is 0 Å². The van der Waals surface area contributed by atoms with E-state index in [4.69, 9.17) is 27.0 Å². The van der Waals surface area contributed by atoms with Gasteiger partial charge in [0, 0.05) is 22.5 Å². The van der Waals surface area contributed by atoms with Crippen LogP contribution < -0.4 is 4.52 Å². The molecule has 1 aromatic carbocycles. The fourth-order valence-corrected chi connectivity index (χ4v) is 1.96. The molecule has 0 radical (unpaired) electrons. The maximum Gasteiger partial charge on any atom is 0.428 e. The van der Waals surface area contributed by atoms with Crippen molar-refractivity contribution >= 4 is 44.5 Å². The number of hydrogen-bond donors (Lipinski definition) is 0. The van der Waals surface area contributed by atoms with Gasteiger partial charge in [-0.2, -0.15) is 0 Å². The van der Waals surface area contributed by atoms with Gasteiger partial charge in [0.2, 0.25) is 0 Å². The molecular formula is C6H4BrCl2O2P. The molecule has 0 saturated heterocycles. The lowest BCUT2D eigenvalue weighted by Gasteiger charge is -2.06. The number of rotatable bonds is 2. The van der Waals surface area contributed by atoms with E-state index >= 15 is 0 Å². The first-order valence-corrected chi connectivity index (χ1v) is 7.15. The number of hydrogen-bond acceptors (Lipinski definition) is 2. The molecule has 0 N–H and O–H groups in total. The minimum atomic E-state index is -3.50. The van der Waals surface area contributed by atoms with Gasteiger partial charge in [-0.25, -0.2) is 4.57 Å². The molecule has 6 heteroatoms. The average molecular weight is 290 g/mol. The molecular weight excluding hydrogens is 286 g/mol. The van der Waals surface area contributed by atoms with Gasteiger partial charge in [-0.3, -0.25) is 0 Å². The monoisotopic (exact) mass is 288 g/mol. The molecule has 1 rings (SSSR count). The summed E-state index contributed by atoms with van der Waals surface area (Å²) in [6.45, 7) is 0. The Morgan fingerprint density at radius 3 is 2.42 bits per heavy atom. The van der Waals surface area contributed by atoms with E-state index in [-0.39, 0.29) is 0 Å². The van der Waals surface area contributed by atoms with E-state index in [0.29, 0.717) is 10.2 Å². The first-order chi connectivity index (χ1) is 5.49. The standard InChI is InChI=1S/C6H4BrCl2O2P/c7-5-3-1-2-4-6(5)11-12(8,9)10/h1-4H. The molecule has 0 saturated carbocycles. The van der Waals surface area contributed by atoms with Crippen LogP contribution in [0.1, 0.15) is 0 Å². The molecule has 12 heavy (non-hydrogen) atoms. The van der Waals surface area contributed by atoms with Crippen LogP contribution in [-0.4, -0.2) is 0 Å². The quantitative estimate of drug-likeness (QED) is 0.754. The Morgan fingerprint density at radius 2 is 1.92 bits per heavy atom. The number of halogens is 3. The highest BCUT2D eigenvalue weighted by Gasteiger charge is 2.17. The molecule has 0 heterocycles. The molecule has 2 nitrogen and oxygen atoms in total. The van der Waals surface area contributed by atoms with Crippen LogP contribution in [0.25, 0.3) is 0 Å². The van der Waals surface area contributed by atoms with Gasteiger partial charge >= 0.3 is 6.07 Å². The van der Waals surface area contributed by atoms with Crippen molar-refractivity contribution in [2.45, 2.75) is 0 Å². The average Bonchev–Trinajstić information content (AvgIpc) is 1.91. The number of para-hydroxylation sites is 1. The van der Waals surface area contributed by atoms with Crippen LogP contribution in [0.2, 0.25) is 0 Å². The lowest BCUT2D eigenvalue weighted by molar-refractivity contribution is 0.511. The minimum Gasteiger partial charge on any atom is -0.421 e. The predicted octanol–water partition coefficient (Wildman–Crippen LogP) is 4.41. The molecule has 1 aromatic rings. The first-order valence-electron chi connectivity index (χ1n) is 2.92. The van der Waals surface area contributed by atoms with Gasteiger partial charge in [-0.1, -0.05) is 12.1 Å². The molecule has 0 amide bonds. The lowest BCUT2D eigenvalue weighted by atomic mass is 10.3. The van der Waals surface area contributed by atoms with E-state index in [0.717, 1.165) is 0 Å². The second kappa shape index (κ2) is 4.01. The van der Waals surface area contributed by atoms with E-state index in [1.807, 2.05) is 0 Å². The maximum absolute atomic E-state index is 10.8. The summed E-state index contributed by atoms with van der Waals surface area (Å²) in [5, 5.41) is 0. The Morgan fingerprint density at radius 1 is 1.33 bits per heavy atom. The van der Waals surface area contributed by atoms with Crippen molar-refractivity contribution in [1.29, 1.82) is 0 Å². The Balaban J connectivity index is 2.90. The van der Waals surface area contributed by atoms with Crippen LogP contribution in [-0.2, 0) is 4.57 Å². The SMILES string of the molecule is O=P(Cl)(Cl)Oc1ccccc1Br. The second-order valence-corrected chi connectivity index (χ2v) is 6.99. The number of benzene rings is 1. The van der Waals surface area contributed by atoms with Crippen LogP contribution in [0, 0.1) is 0 Å². The smallest absolute Gasteiger partial charge is 0.421 e. The summed E-state index contributed by atoms with van der Waals surface area (Å²) in [5.74, 6) is 0.367. The molecule has 0 atom stereocenters. The molecule has 0 aromatic heterocycles. The van der Waals surface area contributed by atoms with Crippen molar-refractivity contribution in [3.05, 3.63) is 28.7 Å². The first kappa shape index (κ1) is 10.4. The van der Waals surface area contributed by atoms with Gasteiger partial charge in [-0.05, 0) is 28.1 Å². The minimum absolute atomic E-state index is 0.367. The van der Waals surface area contributed by atoms with E-state index in [9.17, 15) is 4.57 Å². The molecule has 0 unspecified atom stereocenters. The molecule has 0 aliphatic heterocycles. The van der Waals surface area contributed by atoms with Crippen molar-refractivity contribution in [2.75, 3.05) is 0 Å². The van der Waals surface area contributed by atoms with Gasteiger partial charge in [0.1, 0.15) is 5.75 Å². The fraction of sp³-hybridized carbons (Fsp3) is 0. The summed E-state index contributed by atoms with van der Waals surface area (Å²) in [6, 6.07) is 6.87. The third-order valence-corrected chi connectivity index (χ3v) is 2.52. The predicted molar refractivity (Wildman–Crippen MR) is 54.1 cm³/mol. The summed E-state index contributed by atoms with van der Waals surface area (Å²) in [5.41, 5.74) is 0. The Kier molecular flexibility index (Phi) is 3.47. The van der Waals surface area contributed by atoms with Crippen LogP contribution >= 0.6 is 44.5 Å². The van der Waals surface area contributed by atoms with Gasteiger partial charge in [0.15, 0.2) is 0 Å². The molecule has 0 spiro atoms. The zero-order valence-corrected chi connectivity index (χ0v) is 9.70. The zero-order valence-electron chi connectivity index (χ0n) is 5.71. The Labute approximate surface area is 88.0 Å². The third kappa shape index (κ3) is 3.36. The van der Waals surface area contributed by atoms with Crippen LogP contribution in [0.15, 0.2) is 28.7 Å². The third-order valence-electron chi connectivity index (χ3n) is 1.04. The van der Waals surface area contributed by atoms with E-state index in [1.165, 1.54) is 0 Å². The van der Waals surface area contributed by atoms with Crippen molar-refractivity contribution in [2.24, 2.45) is 0 Å². The van der Waals surface area contributed by atoms with Crippen molar-refractivity contribution in [1.82, 2.24) is 0 Å². The molecule has 0 bridgehead atoms. The summed E-state index contributed by atoms with van der Waals surface area (Å²) in [4.78, 5) is 0. The van der Waals surface area contributed by atoms with Crippen molar-refractivity contribution in [3.8, 4) is 5.75 Å². The summed E-state index contributed by atoms with van der Waals surface area (Å²) in [7, 11) is 0. The Hall–Kier alpha value is 0.310. The van der Waals surface area contributed by atoms with Gasteiger partial charge < -0.3 is 4.52 Å². The van der Waals surface area contributed by atoms with E-state index < -0.39 is 6.07 Å². The largest absolute Gasteiger partial charge is 0.428 e. The van der Waals surface area contributed by atoms with Crippen LogP contribution in [0.5, 0.6) is 5.75 Å². The highest BCUT2D eigenvalue weighted by molar-refractivity contribution is 9.10. The van der Waals surface area contributed by atoms with E-state index in [1.54, 1.807) is 24.3 Å². The summed E-state index contributed by atoms with van der Waals surface area (Å²) >= 11 is 13.6. The fourth-order valence-electron chi connectivity index (χ4n) is 0.633. The van der Waals surface area contributed by atoms with Crippen LogP contribution in [0.4, 0.5) is 0 Å². The molecule has 66 valence electrons. The summed E-state index contributed by atoms with van der Waals surface area (Å²) in [6.07, 6.45) is -3.50. The van der Waals surface area contributed by atoms with E-state index in [2.05, 4.69) is 15.9 Å². The lowest BCUT2D eigenvalue weighted by Crippen LogP contribution is -1.81. The topological polar surface area (TPSA) is 26.3 Å². The second-order valence-electron chi connectivity index (χ2n) is 1.94. The normalized spacial score (nSPS) is 11.2. The summed E-state index contributed by atoms with van der Waals surface area (Å²) < 4.78 is 16.3. The zero-order chi connectivity index (χ0) is 9.19. The highest BCUT2D eigenvalue weighted by Crippen LogP contribution is 2.57. The molecule has 0 fully saturated rings. The van der Waals surface area contributed by atoms with Crippen molar-refractivity contribution < 1.29 is 9.09 Å². The Bertz CT molecular complexity index is 325. The van der Waals surface area contributed by atoms with Crippen molar-refractivity contribution in [3.63, 3.8) is 0 Å².